The van der Waals surface area contributed by atoms with Crippen LogP contribution in [0.15, 0.2) is 0 Å². The van der Waals surface area contributed by atoms with E-state index >= 15 is 0 Å². The molecular formula is C31H54P2. The molecule has 1 atom stereocenters. The Balaban J connectivity index is 1.37. The number of hydrogen-bond donors (Lipinski definition) is 0. The average Bonchev–Trinajstić information content (AvgIpc) is 3.36. The van der Waals surface area contributed by atoms with Crippen molar-refractivity contribution in [3.8, 4) is 0 Å². The topological polar surface area (TPSA) is 0 Å². The van der Waals surface area contributed by atoms with Crippen LogP contribution in [0.1, 0.15) is 155 Å². The molecule has 0 N–H and O–H groups in total. The minimum absolute atomic E-state index is 0.160. The van der Waals surface area contributed by atoms with Crippen LogP contribution in [0.4, 0.5) is 0 Å². The predicted molar refractivity (Wildman–Crippen MR) is 151 cm³/mol. The average molecular weight is 489 g/mol. The molecule has 2 heteroatoms. The van der Waals surface area contributed by atoms with Gasteiger partial charge in [-0.2, -0.15) is 0 Å². The maximum absolute atomic E-state index is 2.80. The summed E-state index contributed by atoms with van der Waals surface area (Å²) in [5.74, 6) is 2.11. The molecule has 5 fully saturated rings. The van der Waals surface area contributed by atoms with Gasteiger partial charge in [0.1, 0.15) is 0 Å². The van der Waals surface area contributed by atoms with Crippen molar-refractivity contribution in [2.75, 3.05) is 0 Å². The molecule has 0 saturated heterocycles. The number of hydrogen-bond acceptors (Lipinski definition) is 0. The molecule has 0 aromatic rings. The second-order valence-electron chi connectivity index (χ2n) is 12.5. The summed E-state index contributed by atoms with van der Waals surface area (Å²) in [6.07, 6.45) is 35.8. The lowest BCUT2D eigenvalue weighted by Crippen LogP contribution is -2.31. The Bertz CT molecular complexity index is 515. The van der Waals surface area contributed by atoms with Gasteiger partial charge in [-0.25, -0.2) is 0 Å². The van der Waals surface area contributed by atoms with Crippen LogP contribution in [0.5, 0.6) is 0 Å². The van der Waals surface area contributed by atoms with Crippen LogP contribution in [-0.2, 0) is 0 Å². The minimum Gasteiger partial charge on any atom is -0.0968 e. The zero-order chi connectivity index (χ0) is 22.5. The molecule has 0 spiro atoms. The zero-order valence-corrected chi connectivity index (χ0v) is 23.8. The van der Waals surface area contributed by atoms with Crippen molar-refractivity contribution in [2.45, 2.75) is 183 Å². The first-order chi connectivity index (χ1) is 16.3. The van der Waals surface area contributed by atoms with E-state index in [2.05, 4.69) is 18.5 Å². The Labute approximate surface area is 210 Å². The first-order valence-electron chi connectivity index (χ1n) is 15.6. The van der Waals surface area contributed by atoms with E-state index in [-0.39, 0.29) is 15.8 Å². The van der Waals surface area contributed by atoms with Crippen LogP contribution in [0.3, 0.4) is 0 Å². The van der Waals surface area contributed by atoms with E-state index in [9.17, 15) is 0 Å². The highest BCUT2D eigenvalue weighted by atomic mass is 31.1. The summed E-state index contributed by atoms with van der Waals surface area (Å²) in [7, 11) is 0.357. The Morgan fingerprint density at radius 3 is 1.30 bits per heavy atom. The quantitative estimate of drug-likeness (QED) is 0.313. The first-order valence-corrected chi connectivity index (χ1v) is 18.6. The normalized spacial score (nSPS) is 29.9. The highest BCUT2D eigenvalue weighted by Crippen LogP contribution is 2.72. The zero-order valence-electron chi connectivity index (χ0n) is 22.0. The maximum Gasteiger partial charge on any atom is 0.00802 e. The Morgan fingerprint density at radius 1 is 0.485 bits per heavy atom. The molecule has 5 aliphatic rings. The van der Waals surface area contributed by atoms with Gasteiger partial charge in [0.15, 0.2) is 0 Å². The van der Waals surface area contributed by atoms with Crippen molar-refractivity contribution in [1.82, 2.24) is 0 Å². The summed E-state index contributed by atoms with van der Waals surface area (Å²) in [6.45, 7) is 2.80. The van der Waals surface area contributed by atoms with Crippen molar-refractivity contribution in [3.63, 3.8) is 0 Å². The molecule has 0 unspecified atom stereocenters. The Hall–Kier alpha value is 0.860. The minimum atomic E-state index is 0.160. The second kappa shape index (κ2) is 12.9. The molecule has 0 amide bonds. The van der Waals surface area contributed by atoms with Crippen LogP contribution < -0.4 is 0 Å². The maximum atomic E-state index is 2.80. The molecule has 0 nitrogen and oxygen atoms in total. The van der Waals surface area contributed by atoms with Crippen LogP contribution in [0.25, 0.3) is 0 Å². The molecule has 0 bridgehead atoms. The molecule has 5 rings (SSSR count). The smallest absolute Gasteiger partial charge is 0.00802 e. The molecule has 5 aliphatic carbocycles. The standard InChI is InChI=1S/C31H54P2/c1-25(32(26-15-6-2-7-16-26)27-17-8-3-9-18-27)30-23-14-24-31(30)33(28-19-10-4-11-20-28)29-21-12-5-13-22-29/h25-29H,2-24H2,1H3/t25-/m1/s1. The highest BCUT2D eigenvalue weighted by Gasteiger charge is 2.47. The molecule has 0 aromatic carbocycles. The van der Waals surface area contributed by atoms with Crippen LogP contribution in [-0.4, -0.2) is 28.3 Å². The Morgan fingerprint density at radius 2 is 0.879 bits per heavy atom. The van der Waals surface area contributed by atoms with Crippen LogP contribution >= 0.6 is 15.8 Å². The van der Waals surface area contributed by atoms with E-state index in [1.807, 2.05) is 0 Å². The van der Waals surface area contributed by atoms with E-state index < -0.39 is 0 Å². The second-order valence-corrected chi connectivity index (χ2v) is 18.5. The molecule has 2 radical (unpaired) electrons. The Kier molecular flexibility index (Phi) is 9.97. The van der Waals surface area contributed by atoms with Gasteiger partial charge in [0, 0.05) is 5.66 Å². The van der Waals surface area contributed by atoms with Gasteiger partial charge in [-0.3, -0.25) is 0 Å². The SMILES string of the molecule is C[C@H]([C]1CCC[C]1P(C1CCCCC1)C1CCCCC1)P(C1CCCCC1)C1CCCCC1. The largest absolute Gasteiger partial charge is 0.0968 e. The lowest BCUT2D eigenvalue weighted by molar-refractivity contribution is 0.480. The lowest BCUT2D eigenvalue weighted by Gasteiger charge is -2.48. The molecule has 0 aliphatic heterocycles. The third-order valence-corrected chi connectivity index (χ3v) is 18.1. The van der Waals surface area contributed by atoms with E-state index in [1.54, 1.807) is 103 Å². The molecular weight excluding hydrogens is 434 g/mol. The third-order valence-electron chi connectivity index (χ3n) is 10.4. The fourth-order valence-corrected chi connectivity index (χ4v) is 17.7. The van der Waals surface area contributed by atoms with Crippen LogP contribution in [0, 0.1) is 11.6 Å². The summed E-state index contributed by atoms with van der Waals surface area (Å²) in [5.41, 5.74) is 7.61. The molecule has 0 heterocycles. The van der Waals surface area contributed by atoms with E-state index in [0.29, 0.717) is 0 Å². The monoisotopic (exact) mass is 488 g/mol. The molecule has 5 saturated carbocycles. The molecule has 188 valence electrons. The van der Waals surface area contributed by atoms with Crippen LogP contribution in [0.2, 0.25) is 0 Å². The highest BCUT2D eigenvalue weighted by molar-refractivity contribution is 7.63. The summed E-state index contributed by atoms with van der Waals surface area (Å²) in [4.78, 5) is 0. The summed E-state index contributed by atoms with van der Waals surface area (Å²) >= 11 is 0. The van der Waals surface area contributed by atoms with Gasteiger partial charge < -0.3 is 0 Å². The fraction of sp³-hybridized carbons (Fsp3) is 0.935. The third kappa shape index (κ3) is 6.23. The van der Waals surface area contributed by atoms with Gasteiger partial charge >= 0.3 is 0 Å². The van der Waals surface area contributed by atoms with Crippen molar-refractivity contribution >= 4 is 15.8 Å². The van der Waals surface area contributed by atoms with Crippen molar-refractivity contribution in [1.29, 1.82) is 0 Å². The van der Waals surface area contributed by atoms with Crippen molar-refractivity contribution in [2.24, 2.45) is 0 Å². The summed E-state index contributed by atoms with van der Waals surface area (Å²) in [5, 5.41) is 0. The first kappa shape index (κ1) is 25.5. The van der Waals surface area contributed by atoms with Gasteiger partial charge in [-0.1, -0.05) is 106 Å². The molecule has 0 aromatic heterocycles. The van der Waals surface area contributed by atoms with Gasteiger partial charge in [0.2, 0.25) is 0 Å². The number of rotatable bonds is 7. The summed E-state index contributed by atoms with van der Waals surface area (Å²) in [6, 6.07) is 0. The fourth-order valence-electron chi connectivity index (χ4n) is 8.82. The lowest BCUT2D eigenvalue weighted by atomic mass is 9.99. The van der Waals surface area contributed by atoms with E-state index in [1.165, 1.54) is 44.9 Å². The summed E-state index contributed by atoms with van der Waals surface area (Å²) < 4.78 is 0. The van der Waals surface area contributed by atoms with Crippen molar-refractivity contribution in [3.05, 3.63) is 11.6 Å². The van der Waals surface area contributed by atoms with Crippen molar-refractivity contribution < 1.29 is 0 Å². The van der Waals surface area contributed by atoms with Gasteiger partial charge in [-0.05, 0) is 98.4 Å². The van der Waals surface area contributed by atoms with Gasteiger partial charge in [-0.15, -0.1) is 0 Å². The van der Waals surface area contributed by atoms with Gasteiger partial charge in [0.25, 0.3) is 0 Å². The predicted octanol–water partition coefficient (Wildman–Crippen LogP) is 11.0. The van der Waals surface area contributed by atoms with E-state index in [4.69, 9.17) is 0 Å². The molecule has 33 heavy (non-hydrogen) atoms. The van der Waals surface area contributed by atoms with E-state index in [0.717, 1.165) is 28.3 Å². The van der Waals surface area contributed by atoms with Gasteiger partial charge in [0.05, 0.1) is 0 Å².